The van der Waals surface area contributed by atoms with Crippen molar-refractivity contribution < 1.29 is 24.2 Å². The zero-order valence-corrected chi connectivity index (χ0v) is 32.6. The lowest BCUT2D eigenvalue weighted by molar-refractivity contribution is -0.126. The molecule has 4 rings (SSSR count). The molecule has 11 nitrogen and oxygen atoms in total. The summed E-state index contributed by atoms with van der Waals surface area (Å²) < 4.78 is 5.51. The fourth-order valence-electron chi connectivity index (χ4n) is 5.54. The summed E-state index contributed by atoms with van der Waals surface area (Å²) in [5.74, 6) is 0.0246. The quantitative estimate of drug-likeness (QED) is 0.0878. The fraction of sp³-hybridized carbons (Fsp3) is 0.462. The Kier molecular flexibility index (Phi) is 15.2. The van der Waals surface area contributed by atoms with Crippen LogP contribution in [0.5, 0.6) is 0 Å². The molecule has 2 aromatic heterocycles. The number of nitrogens with one attached hydrogen (secondary N) is 3. The number of urea groups is 1. The van der Waals surface area contributed by atoms with E-state index in [0.717, 1.165) is 32.3 Å². The lowest BCUT2D eigenvalue weighted by atomic mass is 9.94. The maximum atomic E-state index is 13.8. The van der Waals surface area contributed by atoms with Gasteiger partial charge in [-0.25, -0.2) is 14.6 Å². The smallest absolute Gasteiger partial charge is 0.407 e. The van der Waals surface area contributed by atoms with E-state index in [4.69, 9.17) is 4.74 Å². The molecule has 2 aromatic carbocycles. The van der Waals surface area contributed by atoms with Crippen LogP contribution in [0.4, 0.5) is 9.59 Å². The number of benzene rings is 2. The summed E-state index contributed by atoms with van der Waals surface area (Å²) in [5.41, 5.74) is 4.41. The van der Waals surface area contributed by atoms with Gasteiger partial charge in [0.15, 0.2) is 0 Å². The summed E-state index contributed by atoms with van der Waals surface area (Å²) in [6.45, 7) is 10.0. The minimum atomic E-state index is -1.21. The second-order valence-corrected chi connectivity index (χ2v) is 16.0. The molecule has 0 aliphatic carbocycles. The standard InChI is InChI=1S/C39H52N6O5S2/c1-26(2)35-41-33(24-51-35)21-45(6)37(48)44-39(4,5)36(47)42-31(18-28-10-8-7-9-11-28)16-17-32(43-38(49)50-23-34-20-40-25-52-34)19-29-12-14-30(15-13-29)27(3)22-46/h7-15,20,24-27,31-32,46H,16-19,21-23H2,1-6H3,(H,42,47)(H,43,49)(H,44,48)/t27-,31+,32+/m0/s1. The van der Waals surface area contributed by atoms with Crippen LogP contribution in [0.2, 0.25) is 0 Å². The van der Waals surface area contributed by atoms with Gasteiger partial charge in [-0.15, -0.1) is 22.7 Å². The Morgan fingerprint density at radius 1 is 0.923 bits per heavy atom. The van der Waals surface area contributed by atoms with Crippen molar-refractivity contribution in [2.45, 2.75) is 103 Å². The molecule has 0 radical (unpaired) electrons. The molecule has 0 saturated carbocycles. The van der Waals surface area contributed by atoms with E-state index < -0.39 is 11.6 Å². The van der Waals surface area contributed by atoms with Crippen molar-refractivity contribution in [1.82, 2.24) is 30.8 Å². The molecule has 0 spiro atoms. The number of thiazole rings is 2. The molecule has 0 aliphatic heterocycles. The number of rotatable bonds is 18. The van der Waals surface area contributed by atoms with Crippen LogP contribution in [0.3, 0.4) is 0 Å². The van der Waals surface area contributed by atoms with E-state index in [1.54, 1.807) is 43.9 Å². The van der Waals surface area contributed by atoms with Gasteiger partial charge in [0, 0.05) is 49.2 Å². The minimum Gasteiger partial charge on any atom is -0.444 e. The van der Waals surface area contributed by atoms with Crippen LogP contribution in [0, 0.1) is 0 Å². The van der Waals surface area contributed by atoms with Crippen molar-refractivity contribution in [2.24, 2.45) is 0 Å². The number of carbonyl (C=O) groups excluding carboxylic acids is 3. The van der Waals surface area contributed by atoms with E-state index in [1.807, 2.05) is 66.9 Å². The summed E-state index contributed by atoms with van der Waals surface area (Å²) in [4.78, 5) is 51.1. The van der Waals surface area contributed by atoms with Crippen LogP contribution in [0.1, 0.15) is 91.6 Å². The normalized spacial score (nSPS) is 13.2. The van der Waals surface area contributed by atoms with Crippen molar-refractivity contribution in [3.63, 3.8) is 0 Å². The minimum absolute atomic E-state index is 0.0253. The van der Waals surface area contributed by atoms with Gasteiger partial charge in [-0.3, -0.25) is 9.78 Å². The first-order valence-corrected chi connectivity index (χ1v) is 19.4. The summed E-state index contributed by atoms with van der Waals surface area (Å²) in [6.07, 6.45) is 3.34. The molecule has 13 heteroatoms. The largest absolute Gasteiger partial charge is 0.444 e. The summed E-state index contributed by atoms with van der Waals surface area (Å²) in [7, 11) is 1.69. The molecule has 0 aliphatic rings. The van der Waals surface area contributed by atoms with Gasteiger partial charge in [0.25, 0.3) is 0 Å². The van der Waals surface area contributed by atoms with Gasteiger partial charge in [0.05, 0.1) is 27.6 Å². The van der Waals surface area contributed by atoms with Gasteiger partial charge in [0.2, 0.25) is 5.91 Å². The molecule has 0 fully saturated rings. The molecule has 4 amide bonds. The third-order valence-electron chi connectivity index (χ3n) is 8.78. The van der Waals surface area contributed by atoms with Crippen LogP contribution >= 0.6 is 22.7 Å². The topological polar surface area (TPSA) is 146 Å². The first kappa shape index (κ1) is 40.4. The maximum Gasteiger partial charge on any atom is 0.407 e. The average molecular weight is 749 g/mol. The van der Waals surface area contributed by atoms with Gasteiger partial charge < -0.3 is 30.7 Å². The van der Waals surface area contributed by atoms with E-state index in [9.17, 15) is 19.5 Å². The first-order valence-electron chi connectivity index (χ1n) is 17.7. The van der Waals surface area contributed by atoms with E-state index in [0.29, 0.717) is 38.1 Å². The molecule has 52 heavy (non-hydrogen) atoms. The number of aromatic nitrogens is 2. The number of carbonyl (C=O) groups is 3. The van der Waals surface area contributed by atoms with Crippen molar-refractivity contribution in [1.29, 1.82) is 0 Å². The molecular weight excluding hydrogens is 697 g/mol. The van der Waals surface area contributed by atoms with Gasteiger partial charge in [-0.05, 0) is 56.2 Å². The number of ether oxygens (including phenoxy) is 1. The van der Waals surface area contributed by atoms with Crippen LogP contribution < -0.4 is 16.0 Å². The molecule has 0 unspecified atom stereocenters. The Hall–Kier alpha value is -4.33. The zero-order valence-electron chi connectivity index (χ0n) is 30.9. The second-order valence-electron chi connectivity index (χ2n) is 14.1. The van der Waals surface area contributed by atoms with E-state index in [2.05, 4.69) is 39.8 Å². The number of alkyl carbamates (subject to hydrolysis) is 1. The highest BCUT2D eigenvalue weighted by atomic mass is 32.1. The van der Waals surface area contributed by atoms with Crippen molar-refractivity contribution in [2.75, 3.05) is 13.7 Å². The monoisotopic (exact) mass is 748 g/mol. The molecule has 4 N–H and O–H groups in total. The van der Waals surface area contributed by atoms with Crippen molar-refractivity contribution >= 4 is 40.7 Å². The number of aliphatic hydroxyl groups excluding tert-OH is 1. The van der Waals surface area contributed by atoms with Gasteiger partial charge in [-0.2, -0.15) is 0 Å². The number of hydrogen-bond acceptors (Lipinski definition) is 9. The Morgan fingerprint density at radius 2 is 1.58 bits per heavy atom. The van der Waals surface area contributed by atoms with Crippen LogP contribution in [-0.4, -0.2) is 69.3 Å². The molecule has 0 bridgehead atoms. The van der Waals surface area contributed by atoms with Gasteiger partial charge in [0.1, 0.15) is 12.1 Å². The molecule has 0 saturated heterocycles. The molecule has 3 atom stereocenters. The summed E-state index contributed by atoms with van der Waals surface area (Å²) in [5, 5.41) is 21.7. The lowest BCUT2D eigenvalue weighted by Gasteiger charge is -2.31. The predicted octanol–water partition coefficient (Wildman–Crippen LogP) is 6.78. The Bertz CT molecular complexity index is 1700. The zero-order chi connectivity index (χ0) is 37.7. The van der Waals surface area contributed by atoms with E-state index in [1.165, 1.54) is 16.2 Å². The highest BCUT2D eigenvalue weighted by Gasteiger charge is 2.32. The summed E-state index contributed by atoms with van der Waals surface area (Å²) >= 11 is 2.99. The lowest BCUT2D eigenvalue weighted by Crippen LogP contribution is -2.59. The Morgan fingerprint density at radius 3 is 2.17 bits per heavy atom. The summed E-state index contributed by atoms with van der Waals surface area (Å²) in [6, 6.07) is 17.0. The highest BCUT2D eigenvalue weighted by Crippen LogP contribution is 2.21. The third-order valence-corrected chi connectivity index (χ3v) is 10.7. The predicted molar refractivity (Wildman–Crippen MR) is 206 cm³/mol. The number of amides is 4. The van der Waals surface area contributed by atoms with Gasteiger partial charge >= 0.3 is 12.1 Å². The molecule has 280 valence electrons. The first-order chi connectivity index (χ1) is 24.8. The molecule has 2 heterocycles. The third kappa shape index (κ3) is 12.7. The van der Waals surface area contributed by atoms with Crippen molar-refractivity contribution in [3.8, 4) is 0 Å². The average Bonchev–Trinajstić information content (AvgIpc) is 3.83. The number of nitrogens with zero attached hydrogens (tertiary/aromatic N) is 3. The highest BCUT2D eigenvalue weighted by molar-refractivity contribution is 7.09. The fourth-order valence-corrected chi connectivity index (χ4v) is 6.87. The van der Waals surface area contributed by atoms with E-state index >= 15 is 0 Å². The number of hydrogen-bond donors (Lipinski definition) is 4. The Labute approximate surface area is 315 Å². The second kappa shape index (κ2) is 19.5. The SMILES string of the molecule is CC(C)c1nc(CN(C)C(=O)NC(C)(C)C(=O)N[C@H](CC[C@H](Cc2ccc([C@@H](C)CO)cc2)NC(=O)OCc2cncs2)Cc2ccccc2)cs1. The Balaban J connectivity index is 1.44. The molecule has 4 aromatic rings. The van der Waals surface area contributed by atoms with Gasteiger partial charge in [-0.1, -0.05) is 75.4 Å². The van der Waals surface area contributed by atoms with Crippen LogP contribution in [-0.2, 0) is 35.5 Å². The van der Waals surface area contributed by atoms with E-state index in [-0.39, 0.29) is 43.2 Å². The molecular formula is C39H52N6O5S2. The van der Waals surface area contributed by atoms with Crippen molar-refractivity contribution in [3.05, 3.63) is 104 Å². The maximum absolute atomic E-state index is 13.8. The van der Waals surface area contributed by atoms with Crippen LogP contribution in [0.25, 0.3) is 0 Å². The number of aliphatic hydroxyl groups is 1. The van der Waals surface area contributed by atoms with Crippen LogP contribution in [0.15, 0.2) is 71.7 Å².